The Kier molecular flexibility index (Phi) is 3.50. The average Bonchev–Trinajstić information content (AvgIpc) is 2.17. The molecular formula is C11H16O4. The number of carbonyl (C=O) groups is 2. The number of cyclic esters (lactones) is 1. The van der Waals surface area contributed by atoms with Crippen molar-refractivity contribution in [2.45, 2.75) is 33.1 Å². The molecule has 1 aliphatic heterocycles. The Morgan fingerprint density at radius 1 is 1.67 bits per heavy atom. The van der Waals surface area contributed by atoms with Gasteiger partial charge in [-0.1, -0.05) is 13.0 Å². The van der Waals surface area contributed by atoms with E-state index in [0.29, 0.717) is 18.6 Å². The fourth-order valence-electron chi connectivity index (χ4n) is 1.84. The summed E-state index contributed by atoms with van der Waals surface area (Å²) >= 11 is 0. The first kappa shape index (κ1) is 11.8. The second kappa shape index (κ2) is 4.47. The zero-order valence-electron chi connectivity index (χ0n) is 9.08. The molecule has 1 aliphatic rings. The number of ether oxygens (including phenoxy) is 1. The lowest BCUT2D eigenvalue weighted by Gasteiger charge is -2.32. The summed E-state index contributed by atoms with van der Waals surface area (Å²) in [6, 6.07) is 0. The van der Waals surface area contributed by atoms with E-state index >= 15 is 0 Å². The molecule has 84 valence electrons. The Labute approximate surface area is 88.9 Å². The van der Waals surface area contributed by atoms with Gasteiger partial charge in [-0.3, -0.25) is 4.79 Å². The standard InChI is InChI=1S/C11H16O4/c1-3-11(6-8(2)10(13)14)4-5-15-9(12)7-11/h6H,3-5,7H2,1-2H3,(H,13,14). The molecule has 4 nitrogen and oxygen atoms in total. The van der Waals surface area contributed by atoms with Gasteiger partial charge in [0.2, 0.25) is 0 Å². The fourth-order valence-corrected chi connectivity index (χ4v) is 1.84. The van der Waals surface area contributed by atoms with Crippen molar-refractivity contribution in [2.24, 2.45) is 5.41 Å². The molecule has 0 amide bonds. The predicted molar refractivity (Wildman–Crippen MR) is 54.3 cm³/mol. The molecule has 0 aromatic heterocycles. The van der Waals surface area contributed by atoms with E-state index in [9.17, 15) is 9.59 Å². The van der Waals surface area contributed by atoms with Crippen LogP contribution in [0.1, 0.15) is 33.1 Å². The molecule has 0 bridgehead atoms. The Morgan fingerprint density at radius 2 is 2.33 bits per heavy atom. The molecule has 15 heavy (non-hydrogen) atoms. The molecule has 1 saturated heterocycles. The Morgan fingerprint density at radius 3 is 2.80 bits per heavy atom. The van der Waals surface area contributed by atoms with Gasteiger partial charge in [0.25, 0.3) is 0 Å². The number of hydrogen-bond acceptors (Lipinski definition) is 3. The van der Waals surface area contributed by atoms with Crippen molar-refractivity contribution in [3.63, 3.8) is 0 Å². The number of carboxylic acid groups (broad SMARTS) is 1. The van der Waals surface area contributed by atoms with Gasteiger partial charge in [-0.15, -0.1) is 0 Å². The minimum absolute atomic E-state index is 0.238. The lowest BCUT2D eigenvalue weighted by molar-refractivity contribution is -0.151. The third-order valence-electron chi connectivity index (χ3n) is 2.92. The van der Waals surface area contributed by atoms with Crippen molar-refractivity contribution in [3.8, 4) is 0 Å². The van der Waals surface area contributed by atoms with Gasteiger partial charge in [0.1, 0.15) is 0 Å². The molecule has 0 aromatic carbocycles. The molecule has 1 heterocycles. The van der Waals surface area contributed by atoms with Gasteiger partial charge in [0.05, 0.1) is 13.0 Å². The summed E-state index contributed by atoms with van der Waals surface area (Å²) in [5.41, 5.74) is -0.0239. The molecule has 0 aromatic rings. The van der Waals surface area contributed by atoms with Crippen LogP contribution in [0.25, 0.3) is 0 Å². The van der Waals surface area contributed by atoms with E-state index in [2.05, 4.69) is 0 Å². The van der Waals surface area contributed by atoms with E-state index in [1.807, 2.05) is 6.92 Å². The average molecular weight is 212 g/mol. The van der Waals surface area contributed by atoms with Crippen molar-refractivity contribution >= 4 is 11.9 Å². The van der Waals surface area contributed by atoms with E-state index in [1.165, 1.54) is 0 Å². The highest BCUT2D eigenvalue weighted by Gasteiger charge is 2.34. The first-order chi connectivity index (χ1) is 6.99. The summed E-state index contributed by atoms with van der Waals surface area (Å²) in [6.45, 7) is 3.90. The first-order valence-corrected chi connectivity index (χ1v) is 5.07. The normalized spacial score (nSPS) is 27.3. The number of carboxylic acids is 1. The van der Waals surface area contributed by atoms with Crippen molar-refractivity contribution in [1.82, 2.24) is 0 Å². The summed E-state index contributed by atoms with van der Waals surface area (Å²) in [6.07, 6.45) is 3.45. The first-order valence-electron chi connectivity index (χ1n) is 5.07. The van der Waals surface area contributed by atoms with Crippen LogP contribution in [0.5, 0.6) is 0 Å². The lowest BCUT2D eigenvalue weighted by Crippen LogP contribution is -2.31. The van der Waals surface area contributed by atoms with Crippen LogP contribution in [0.3, 0.4) is 0 Å². The van der Waals surface area contributed by atoms with Crippen LogP contribution in [-0.2, 0) is 14.3 Å². The van der Waals surface area contributed by atoms with Gasteiger partial charge in [-0.2, -0.15) is 0 Å². The third kappa shape index (κ3) is 2.81. The fraction of sp³-hybridized carbons (Fsp3) is 0.636. The minimum atomic E-state index is -0.929. The zero-order chi connectivity index (χ0) is 11.5. The van der Waals surface area contributed by atoms with Crippen LogP contribution in [0.2, 0.25) is 0 Å². The predicted octanol–water partition coefficient (Wildman–Crippen LogP) is 1.75. The summed E-state index contributed by atoms with van der Waals surface area (Å²) in [7, 11) is 0. The molecule has 1 fully saturated rings. The zero-order valence-corrected chi connectivity index (χ0v) is 9.08. The molecule has 0 spiro atoms. The van der Waals surface area contributed by atoms with Crippen molar-refractivity contribution in [3.05, 3.63) is 11.6 Å². The van der Waals surface area contributed by atoms with Crippen LogP contribution in [0.4, 0.5) is 0 Å². The quantitative estimate of drug-likeness (QED) is 0.571. The molecular weight excluding hydrogens is 196 g/mol. The van der Waals surface area contributed by atoms with Gasteiger partial charge < -0.3 is 9.84 Å². The topological polar surface area (TPSA) is 63.6 Å². The maximum absolute atomic E-state index is 11.2. The van der Waals surface area contributed by atoms with Gasteiger partial charge in [-0.25, -0.2) is 4.79 Å². The summed E-state index contributed by atoms with van der Waals surface area (Å²) in [5.74, 6) is -1.17. The van der Waals surface area contributed by atoms with E-state index in [1.54, 1.807) is 13.0 Å². The number of allylic oxidation sites excluding steroid dienone is 1. The van der Waals surface area contributed by atoms with Gasteiger partial charge in [0.15, 0.2) is 0 Å². The number of rotatable bonds is 3. The smallest absolute Gasteiger partial charge is 0.330 e. The summed E-state index contributed by atoms with van der Waals surface area (Å²) < 4.78 is 4.86. The third-order valence-corrected chi connectivity index (χ3v) is 2.92. The Hall–Kier alpha value is -1.32. The molecule has 1 rings (SSSR count). The highest BCUT2D eigenvalue weighted by atomic mass is 16.5. The Balaban J connectivity index is 2.89. The lowest BCUT2D eigenvalue weighted by atomic mass is 9.76. The van der Waals surface area contributed by atoms with Crippen LogP contribution in [0.15, 0.2) is 11.6 Å². The second-order valence-corrected chi connectivity index (χ2v) is 4.00. The van der Waals surface area contributed by atoms with Gasteiger partial charge in [0, 0.05) is 11.0 Å². The molecule has 0 radical (unpaired) electrons. The Bertz CT molecular complexity index is 306. The monoisotopic (exact) mass is 212 g/mol. The second-order valence-electron chi connectivity index (χ2n) is 4.00. The molecule has 1 unspecified atom stereocenters. The highest BCUT2D eigenvalue weighted by Crippen LogP contribution is 2.36. The number of aliphatic carboxylic acids is 1. The molecule has 0 aliphatic carbocycles. The van der Waals surface area contributed by atoms with E-state index in [0.717, 1.165) is 6.42 Å². The van der Waals surface area contributed by atoms with Crippen molar-refractivity contribution in [2.75, 3.05) is 6.61 Å². The summed E-state index contributed by atoms with van der Waals surface area (Å²) in [5, 5.41) is 8.80. The van der Waals surface area contributed by atoms with E-state index < -0.39 is 5.97 Å². The van der Waals surface area contributed by atoms with E-state index in [4.69, 9.17) is 9.84 Å². The molecule has 1 N–H and O–H groups in total. The SMILES string of the molecule is CCC1(C=C(C)C(=O)O)CCOC(=O)C1. The molecule has 4 heteroatoms. The van der Waals surface area contributed by atoms with E-state index in [-0.39, 0.29) is 17.8 Å². The van der Waals surface area contributed by atoms with Crippen LogP contribution in [-0.4, -0.2) is 23.7 Å². The van der Waals surface area contributed by atoms with Crippen molar-refractivity contribution < 1.29 is 19.4 Å². The van der Waals surface area contributed by atoms with Crippen LogP contribution < -0.4 is 0 Å². The largest absolute Gasteiger partial charge is 0.478 e. The van der Waals surface area contributed by atoms with Crippen LogP contribution in [0, 0.1) is 5.41 Å². The molecule has 0 saturated carbocycles. The number of hydrogen-bond donors (Lipinski definition) is 1. The molecule has 1 atom stereocenters. The van der Waals surface area contributed by atoms with Crippen LogP contribution >= 0.6 is 0 Å². The highest BCUT2D eigenvalue weighted by molar-refractivity contribution is 5.86. The maximum Gasteiger partial charge on any atom is 0.330 e. The number of carbonyl (C=O) groups excluding carboxylic acids is 1. The summed E-state index contributed by atoms with van der Waals surface area (Å²) in [4.78, 5) is 21.9. The number of esters is 1. The van der Waals surface area contributed by atoms with Gasteiger partial charge >= 0.3 is 11.9 Å². The van der Waals surface area contributed by atoms with Gasteiger partial charge in [-0.05, 0) is 19.8 Å². The van der Waals surface area contributed by atoms with Crippen molar-refractivity contribution in [1.29, 1.82) is 0 Å². The minimum Gasteiger partial charge on any atom is -0.478 e. The maximum atomic E-state index is 11.2.